The predicted molar refractivity (Wildman–Crippen MR) is 79.1 cm³/mol. The molecular formula is C14H29N3O3. The lowest BCUT2D eigenvalue weighted by molar-refractivity contribution is -0.124. The van der Waals surface area contributed by atoms with Gasteiger partial charge in [0.1, 0.15) is 6.04 Å². The van der Waals surface area contributed by atoms with E-state index < -0.39 is 12.1 Å². The third-order valence-corrected chi connectivity index (χ3v) is 3.55. The summed E-state index contributed by atoms with van der Waals surface area (Å²) in [7, 11) is 0. The second-order valence-electron chi connectivity index (χ2n) is 6.08. The summed E-state index contributed by atoms with van der Waals surface area (Å²) in [4.78, 5) is 23.1. The molecule has 2 atom stereocenters. The maximum absolute atomic E-state index is 12.2. The quantitative estimate of drug-likeness (QED) is 0.508. The van der Waals surface area contributed by atoms with Crippen LogP contribution in [0.3, 0.4) is 0 Å². The van der Waals surface area contributed by atoms with Gasteiger partial charge in [-0.2, -0.15) is 0 Å². The van der Waals surface area contributed by atoms with Crippen molar-refractivity contribution in [2.75, 3.05) is 13.2 Å². The minimum Gasteiger partial charge on any atom is -0.396 e. The van der Waals surface area contributed by atoms with Crippen molar-refractivity contribution in [2.24, 2.45) is 17.1 Å². The summed E-state index contributed by atoms with van der Waals surface area (Å²) in [6.45, 7) is 8.57. The molecule has 0 saturated carbocycles. The van der Waals surface area contributed by atoms with Crippen LogP contribution in [0.2, 0.25) is 0 Å². The van der Waals surface area contributed by atoms with Gasteiger partial charge < -0.3 is 21.5 Å². The van der Waals surface area contributed by atoms with Crippen molar-refractivity contribution >= 4 is 11.9 Å². The topological polar surface area (TPSA) is 104 Å². The SMILES string of the molecule is CCC(C)C(NC(N)=O)C(=O)NCC(C)(C)CCCO. The average Bonchev–Trinajstić information content (AvgIpc) is 2.39. The Bertz CT molecular complexity index is 319. The summed E-state index contributed by atoms with van der Waals surface area (Å²) in [5.74, 6) is -0.196. The van der Waals surface area contributed by atoms with Crippen molar-refractivity contribution in [3.05, 3.63) is 0 Å². The van der Waals surface area contributed by atoms with Crippen molar-refractivity contribution in [1.29, 1.82) is 0 Å². The van der Waals surface area contributed by atoms with Crippen LogP contribution in [0.5, 0.6) is 0 Å². The van der Waals surface area contributed by atoms with E-state index in [1.54, 1.807) is 0 Å². The minimum atomic E-state index is -0.690. The number of hydrogen-bond donors (Lipinski definition) is 4. The Hall–Kier alpha value is -1.30. The molecule has 0 aromatic rings. The summed E-state index contributed by atoms with van der Waals surface area (Å²) >= 11 is 0. The van der Waals surface area contributed by atoms with Gasteiger partial charge in [-0.1, -0.05) is 34.1 Å². The van der Waals surface area contributed by atoms with Crippen LogP contribution < -0.4 is 16.4 Å². The van der Waals surface area contributed by atoms with E-state index in [1.807, 2.05) is 27.7 Å². The molecule has 6 nitrogen and oxygen atoms in total. The van der Waals surface area contributed by atoms with Gasteiger partial charge in [-0.25, -0.2) is 4.79 Å². The molecule has 6 heteroatoms. The lowest BCUT2D eigenvalue weighted by Crippen LogP contribution is -2.53. The van der Waals surface area contributed by atoms with Crippen LogP contribution in [0.15, 0.2) is 0 Å². The van der Waals surface area contributed by atoms with Gasteiger partial charge in [0.15, 0.2) is 0 Å². The van der Waals surface area contributed by atoms with Crippen molar-refractivity contribution in [3.63, 3.8) is 0 Å². The lowest BCUT2D eigenvalue weighted by atomic mass is 9.87. The van der Waals surface area contributed by atoms with E-state index >= 15 is 0 Å². The van der Waals surface area contributed by atoms with Crippen LogP contribution in [0, 0.1) is 11.3 Å². The highest BCUT2D eigenvalue weighted by molar-refractivity contribution is 5.86. The molecule has 0 aliphatic carbocycles. The third-order valence-electron chi connectivity index (χ3n) is 3.55. The molecule has 118 valence electrons. The number of primary amides is 1. The zero-order chi connectivity index (χ0) is 15.8. The van der Waals surface area contributed by atoms with Gasteiger partial charge in [0.2, 0.25) is 5.91 Å². The molecule has 0 saturated heterocycles. The number of carbonyl (C=O) groups is 2. The second kappa shape index (κ2) is 8.79. The number of hydrogen-bond acceptors (Lipinski definition) is 3. The summed E-state index contributed by atoms with van der Waals surface area (Å²) in [5, 5.41) is 14.2. The Morgan fingerprint density at radius 3 is 2.40 bits per heavy atom. The first kappa shape index (κ1) is 18.7. The molecule has 2 unspecified atom stereocenters. The maximum atomic E-state index is 12.2. The molecule has 0 aliphatic rings. The summed E-state index contributed by atoms with van der Waals surface area (Å²) < 4.78 is 0. The molecular weight excluding hydrogens is 258 g/mol. The van der Waals surface area contributed by atoms with Gasteiger partial charge in [0.05, 0.1) is 0 Å². The molecule has 20 heavy (non-hydrogen) atoms. The van der Waals surface area contributed by atoms with E-state index in [1.165, 1.54) is 0 Å². The van der Waals surface area contributed by atoms with Crippen LogP contribution >= 0.6 is 0 Å². The summed E-state index contributed by atoms with van der Waals surface area (Å²) in [6, 6.07) is -1.30. The zero-order valence-electron chi connectivity index (χ0n) is 13.0. The largest absolute Gasteiger partial charge is 0.396 e. The highest BCUT2D eigenvalue weighted by Gasteiger charge is 2.27. The van der Waals surface area contributed by atoms with Gasteiger partial charge in [-0.15, -0.1) is 0 Å². The molecule has 0 aliphatic heterocycles. The molecule has 0 aromatic carbocycles. The monoisotopic (exact) mass is 287 g/mol. The van der Waals surface area contributed by atoms with Crippen LogP contribution in [0.25, 0.3) is 0 Å². The molecule has 0 rings (SSSR count). The number of aliphatic hydroxyl groups is 1. The number of rotatable bonds is 9. The number of amides is 3. The van der Waals surface area contributed by atoms with E-state index in [9.17, 15) is 9.59 Å². The van der Waals surface area contributed by atoms with E-state index in [0.717, 1.165) is 12.8 Å². The van der Waals surface area contributed by atoms with Gasteiger partial charge >= 0.3 is 6.03 Å². The Morgan fingerprint density at radius 1 is 1.35 bits per heavy atom. The summed E-state index contributed by atoms with van der Waals surface area (Å²) in [5.41, 5.74) is 5.02. The second-order valence-corrected chi connectivity index (χ2v) is 6.08. The van der Waals surface area contributed by atoms with Gasteiger partial charge in [0, 0.05) is 13.2 Å². The highest BCUT2D eigenvalue weighted by Crippen LogP contribution is 2.21. The normalized spacial score (nSPS) is 14.4. The number of urea groups is 1. The molecule has 0 heterocycles. The van der Waals surface area contributed by atoms with Crippen molar-refractivity contribution < 1.29 is 14.7 Å². The standard InChI is InChI=1S/C14H29N3O3/c1-5-10(2)11(17-13(15)20)12(19)16-9-14(3,4)7-6-8-18/h10-11,18H,5-9H2,1-4H3,(H,16,19)(H3,15,17,20). The fourth-order valence-corrected chi connectivity index (χ4v) is 1.94. The Labute approximate surface area is 121 Å². The first-order chi connectivity index (χ1) is 9.23. The number of nitrogens with two attached hydrogens (primary N) is 1. The molecule has 0 fully saturated rings. The highest BCUT2D eigenvalue weighted by atomic mass is 16.3. The first-order valence-electron chi connectivity index (χ1n) is 7.18. The Kier molecular flexibility index (Phi) is 8.22. The fourth-order valence-electron chi connectivity index (χ4n) is 1.94. The van der Waals surface area contributed by atoms with Gasteiger partial charge in [-0.05, 0) is 24.2 Å². The van der Waals surface area contributed by atoms with Crippen LogP contribution in [0.4, 0.5) is 4.79 Å². The van der Waals surface area contributed by atoms with Crippen molar-refractivity contribution in [2.45, 2.75) is 53.0 Å². The maximum Gasteiger partial charge on any atom is 0.312 e. The Balaban J connectivity index is 4.49. The molecule has 5 N–H and O–H groups in total. The zero-order valence-corrected chi connectivity index (χ0v) is 13.0. The van der Waals surface area contributed by atoms with E-state index in [4.69, 9.17) is 10.8 Å². The molecule has 0 radical (unpaired) electrons. The number of aliphatic hydroxyl groups excluding tert-OH is 1. The van der Waals surface area contributed by atoms with E-state index in [2.05, 4.69) is 10.6 Å². The third kappa shape index (κ3) is 7.33. The van der Waals surface area contributed by atoms with E-state index in [0.29, 0.717) is 13.0 Å². The van der Waals surface area contributed by atoms with Gasteiger partial charge in [-0.3, -0.25) is 4.79 Å². The fraction of sp³-hybridized carbons (Fsp3) is 0.857. The summed E-state index contributed by atoms with van der Waals surface area (Å²) in [6.07, 6.45) is 2.30. The molecule has 0 bridgehead atoms. The number of carbonyl (C=O) groups excluding carboxylic acids is 2. The molecule has 0 aromatic heterocycles. The smallest absolute Gasteiger partial charge is 0.312 e. The van der Waals surface area contributed by atoms with Crippen LogP contribution in [-0.4, -0.2) is 36.2 Å². The van der Waals surface area contributed by atoms with Gasteiger partial charge in [0.25, 0.3) is 0 Å². The molecule has 0 spiro atoms. The lowest BCUT2D eigenvalue weighted by Gasteiger charge is -2.28. The van der Waals surface area contributed by atoms with Crippen molar-refractivity contribution in [3.8, 4) is 0 Å². The number of nitrogens with one attached hydrogen (secondary N) is 2. The van der Waals surface area contributed by atoms with Crippen LogP contribution in [0.1, 0.15) is 47.0 Å². The first-order valence-corrected chi connectivity index (χ1v) is 7.18. The van der Waals surface area contributed by atoms with Crippen LogP contribution in [-0.2, 0) is 4.79 Å². The van der Waals surface area contributed by atoms with Crippen molar-refractivity contribution in [1.82, 2.24) is 10.6 Å². The minimum absolute atomic E-state index is 0.0167. The predicted octanol–water partition coefficient (Wildman–Crippen LogP) is 0.984. The molecule has 3 amide bonds. The van der Waals surface area contributed by atoms with E-state index in [-0.39, 0.29) is 23.8 Å². The average molecular weight is 287 g/mol. The Morgan fingerprint density at radius 2 is 1.95 bits per heavy atom.